The first-order valence-corrected chi connectivity index (χ1v) is 11.7. The number of aromatic nitrogens is 1. The van der Waals surface area contributed by atoms with E-state index in [0.29, 0.717) is 25.9 Å². The minimum atomic E-state index is -0.874. The van der Waals surface area contributed by atoms with Gasteiger partial charge in [0.15, 0.2) is 0 Å². The molecule has 0 bridgehead atoms. The molecule has 4 heteroatoms. The lowest BCUT2D eigenvalue weighted by Crippen LogP contribution is -2.45. The summed E-state index contributed by atoms with van der Waals surface area (Å²) in [6, 6.07) is 26.6. The maximum absolute atomic E-state index is 13.7. The summed E-state index contributed by atoms with van der Waals surface area (Å²) in [4.78, 5) is 15.6. The van der Waals surface area contributed by atoms with Crippen LogP contribution in [0.3, 0.4) is 0 Å². The third-order valence-electron chi connectivity index (χ3n) is 7.09. The molecule has 1 aliphatic rings. The van der Waals surface area contributed by atoms with Gasteiger partial charge in [-0.25, -0.2) is 0 Å². The van der Waals surface area contributed by atoms with Gasteiger partial charge in [-0.1, -0.05) is 78.4 Å². The molecule has 5 rings (SSSR count). The second-order valence-corrected chi connectivity index (χ2v) is 9.24. The lowest BCUT2D eigenvalue weighted by molar-refractivity contribution is -0.0211. The van der Waals surface area contributed by atoms with Gasteiger partial charge in [-0.15, -0.1) is 0 Å². The van der Waals surface area contributed by atoms with Gasteiger partial charge in [-0.2, -0.15) is 0 Å². The fourth-order valence-electron chi connectivity index (χ4n) is 5.06. The summed E-state index contributed by atoms with van der Waals surface area (Å²) >= 11 is 0. The van der Waals surface area contributed by atoms with Crippen molar-refractivity contribution in [3.63, 3.8) is 0 Å². The largest absolute Gasteiger partial charge is 0.385 e. The number of aliphatic hydroxyl groups is 1. The molecule has 0 unspecified atom stereocenters. The number of piperidine rings is 1. The van der Waals surface area contributed by atoms with Crippen LogP contribution in [0.4, 0.5) is 0 Å². The molecule has 0 aliphatic carbocycles. The number of hydrogen-bond donors (Lipinski definition) is 1. The van der Waals surface area contributed by atoms with Crippen molar-refractivity contribution in [3.8, 4) is 0 Å². The summed E-state index contributed by atoms with van der Waals surface area (Å²) in [5.74, 6) is 0.0569. The molecular weight excluding hydrogens is 408 g/mol. The molecule has 3 aromatic carbocycles. The van der Waals surface area contributed by atoms with Gasteiger partial charge >= 0.3 is 0 Å². The fraction of sp³-hybridized carbons (Fsp3) is 0.276. The van der Waals surface area contributed by atoms with Crippen LogP contribution in [0.5, 0.6) is 0 Å². The highest BCUT2D eigenvalue weighted by molar-refractivity contribution is 6.08. The molecular formula is C29H30N2O2. The standard InChI is InChI=1S/C29H30N2O2/c1-21-12-14-24(15-13-21)29(33)16-18-30(19-17-29)28(32)27-22(2)31(20-23-8-4-3-5-9-23)26-11-7-6-10-25(26)27/h3-15,33H,16-20H2,1-2H3. The summed E-state index contributed by atoms with van der Waals surface area (Å²) < 4.78 is 2.24. The monoisotopic (exact) mass is 438 g/mol. The quantitative estimate of drug-likeness (QED) is 0.462. The van der Waals surface area contributed by atoms with E-state index in [2.05, 4.69) is 22.8 Å². The Morgan fingerprint density at radius 3 is 2.21 bits per heavy atom. The van der Waals surface area contributed by atoms with E-state index in [1.165, 1.54) is 11.1 Å². The molecule has 1 aromatic heterocycles. The van der Waals surface area contributed by atoms with Gasteiger partial charge in [0.05, 0.1) is 11.2 Å². The molecule has 0 atom stereocenters. The first kappa shape index (κ1) is 21.5. The highest BCUT2D eigenvalue weighted by Gasteiger charge is 2.36. The molecule has 1 amide bonds. The molecule has 0 saturated carbocycles. The number of para-hydroxylation sites is 1. The molecule has 4 nitrogen and oxygen atoms in total. The molecule has 0 radical (unpaired) electrons. The number of rotatable bonds is 4. The number of nitrogens with zero attached hydrogens (tertiary/aromatic N) is 2. The van der Waals surface area contributed by atoms with Crippen molar-refractivity contribution in [2.75, 3.05) is 13.1 Å². The predicted octanol–water partition coefficient (Wildman–Crippen LogP) is 5.43. The van der Waals surface area contributed by atoms with Crippen molar-refractivity contribution < 1.29 is 9.90 Å². The maximum Gasteiger partial charge on any atom is 0.256 e. The normalized spacial score (nSPS) is 15.7. The molecule has 1 saturated heterocycles. The number of carbonyl (C=O) groups excluding carboxylic acids is 1. The number of fused-ring (bicyclic) bond motifs is 1. The van der Waals surface area contributed by atoms with Crippen LogP contribution < -0.4 is 0 Å². The first-order chi connectivity index (χ1) is 16.0. The van der Waals surface area contributed by atoms with E-state index in [1.807, 2.05) is 79.4 Å². The van der Waals surface area contributed by atoms with Crippen LogP contribution in [-0.2, 0) is 12.1 Å². The number of aryl methyl sites for hydroxylation is 1. The van der Waals surface area contributed by atoms with Crippen molar-refractivity contribution in [1.29, 1.82) is 0 Å². The summed E-state index contributed by atoms with van der Waals surface area (Å²) in [6.07, 6.45) is 1.09. The van der Waals surface area contributed by atoms with Crippen LogP contribution in [0.2, 0.25) is 0 Å². The smallest absolute Gasteiger partial charge is 0.256 e. The van der Waals surface area contributed by atoms with Gasteiger partial charge in [0.25, 0.3) is 5.91 Å². The van der Waals surface area contributed by atoms with Crippen molar-refractivity contribution in [2.45, 2.75) is 38.8 Å². The summed E-state index contributed by atoms with van der Waals surface area (Å²) in [7, 11) is 0. The Morgan fingerprint density at radius 1 is 0.879 bits per heavy atom. The van der Waals surface area contributed by atoms with Crippen molar-refractivity contribution in [1.82, 2.24) is 9.47 Å². The molecule has 2 heterocycles. The third-order valence-corrected chi connectivity index (χ3v) is 7.09. The molecule has 168 valence electrons. The van der Waals surface area contributed by atoms with E-state index in [9.17, 15) is 9.90 Å². The highest BCUT2D eigenvalue weighted by atomic mass is 16.3. The van der Waals surface area contributed by atoms with Crippen LogP contribution in [0.1, 0.15) is 45.6 Å². The van der Waals surface area contributed by atoms with Crippen molar-refractivity contribution in [2.24, 2.45) is 0 Å². The van der Waals surface area contributed by atoms with Crippen molar-refractivity contribution in [3.05, 3.63) is 107 Å². The van der Waals surface area contributed by atoms with Gasteiger partial charge in [0.1, 0.15) is 0 Å². The van der Waals surface area contributed by atoms with E-state index in [4.69, 9.17) is 0 Å². The van der Waals surface area contributed by atoms with Crippen LogP contribution in [0, 0.1) is 13.8 Å². The zero-order chi connectivity index (χ0) is 23.0. The average molecular weight is 439 g/mol. The van der Waals surface area contributed by atoms with E-state index in [1.54, 1.807) is 0 Å². The van der Waals surface area contributed by atoms with Crippen LogP contribution in [0.15, 0.2) is 78.9 Å². The zero-order valence-corrected chi connectivity index (χ0v) is 19.3. The highest BCUT2D eigenvalue weighted by Crippen LogP contribution is 2.35. The predicted molar refractivity (Wildman–Crippen MR) is 132 cm³/mol. The Labute approximate surface area is 195 Å². The lowest BCUT2D eigenvalue weighted by atomic mass is 9.84. The van der Waals surface area contributed by atoms with E-state index in [0.717, 1.165) is 34.3 Å². The van der Waals surface area contributed by atoms with E-state index >= 15 is 0 Å². The van der Waals surface area contributed by atoms with Gasteiger partial charge in [0.2, 0.25) is 0 Å². The molecule has 1 aliphatic heterocycles. The first-order valence-electron chi connectivity index (χ1n) is 11.7. The van der Waals surface area contributed by atoms with Gasteiger partial charge in [-0.3, -0.25) is 4.79 Å². The van der Waals surface area contributed by atoms with Gasteiger partial charge in [-0.05, 0) is 43.9 Å². The van der Waals surface area contributed by atoms with Crippen LogP contribution in [0.25, 0.3) is 10.9 Å². The summed E-state index contributed by atoms with van der Waals surface area (Å²) in [5.41, 5.74) is 5.30. The third kappa shape index (κ3) is 3.96. The Hall–Kier alpha value is -3.37. The average Bonchev–Trinajstić information content (AvgIpc) is 3.11. The minimum absolute atomic E-state index is 0.0569. The number of hydrogen-bond acceptors (Lipinski definition) is 2. The summed E-state index contributed by atoms with van der Waals surface area (Å²) in [5, 5.41) is 12.3. The molecule has 1 N–H and O–H groups in total. The van der Waals surface area contributed by atoms with Crippen molar-refractivity contribution >= 4 is 16.8 Å². The van der Waals surface area contributed by atoms with Crippen LogP contribution >= 0.6 is 0 Å². The lowest BCUT2D eigenvalue weighted by Gasteiger charge is -2.38. The molecule has 33 heavy (non-hydrogen) atoms. The Kier molecular flexibility index (Phi) is 5.55. The molecule has 0 spiro atoms. The zero-order valence-electron chi connectivity index (χ0n) is 19.3. The second-order valence-electron chi connectivity index (χ2n) is 9.24. The Balaban J connectivity index is 1.42. The number of likely N-dealkylation sites (tertiary alicyclic amines) is 1. The Bertz CT molecular complexity index is 1280. The van der Waals surface area contributed by atoms with Crippen LogP contribution in [-0.4, -0.2) is 33.6 Å². The molecule has 4 aromatic rings. The summed E-state index contributed by atoms with van der Waals surface area (Å²) in [6.45, 7) is 5.91. The van der Waals surface area contributed by atoms with E-state index in [-0.39, 0.29) is 5.91 Å². The van der Waals surface area contributed by atoms with E-state index < -0.39 is 5.60 Å². The maximum atomic E-state index is 13.7. The number of carbonyl (C=O) groups is 1. The number of amides is 1. The minimum Gasteiger partial charge on any atom is -0.385 e. The topological polar surface area (TPSA) is 45.5 Å². The molecule has 1 fully saturated rings. The fourth-order valence-corrected chi connectivity index (χ4v) is 5.06. The Morgan fingerprint density at radius 2 is 1.52 bits per heavy atom. The number of benzene rings is 3. The van der Waals surface area contributed by atoms with Gasteiger partial charge < -0.3 is 14.6 Å². The second kappa shape index (κ2) is 8.53. The SMILES string of the molecule is Cc1ccc(C2(O)CCN(C(=O)c3c(C)n(Cc4ccccc4)c4ccccc34)CC2)cc1. The van der Waals surface area contributed by atoms with Gasteiger partial charge in [0, 0.05) is 36.2 Å².